The summed E-state index contributed by atoms with van der Waals surface area (Å²) in [6.45, 7) is -1.41. The number of rotatable bonds is 8. The fourth-order valence-corrected chi connectivity index (χ4v) is 1.88. The van der Waals surface area contributed by atoms with Crippen LogP contribution in [0.25, 0.3) is 0 Å². The first-order chi connectivity index (χ1) is 12.0. The van der Waals surface area contributed by atoms with Crippen LogP contribution in [0, 0.1) is 0 Å². The second-order valence-electron chi connectivity index (χ2n) is 5.23. The molecule has 144 valence electrons. The highest BCUT2D eigenvalue weighted by atomic mass is 16.6. The lowest BCUT2D eigenvalue weighted by atomic mass is 9.91. The van der Waals surface area contributed by atoms with E-state index in [0.29, 0.717) is 12.1 Å². The first-order valence-corrected chi connectivity index (χ1v) is 6.83. The van der Waals surface area contributed by atoms with E-state index in [1.165, 1.54) is 0 Å². The molecular weight excluding hydrogens is 360 g/mol. The average molecular weight is 376 g/mol. The largest absolute Gasteiger partial charge is 0.504 e. The summed E-state index contributed by atoms with van der Waals surface area (Å²) in [6.07, 6.45) is -7.93. The van der Waals surface area contributed by atoms with Gasteiger partial charge in [0.05, 0.1) is 12.2 Å². The molecule has 0 saturated heterocycles. The fraction of sp³-hybridized carbons (Fsp3) is 0.357. The Hall–Kier alpha value is -2.93. The third kappa shape index (κ3) is 4.18. The number of aldehydes is 1. The first kappa shape index (κ1) is 21.1. The number of carbonyl (C=O) groups excluding carboxylic acids is 2. The summed E-state index contributed by atoms with van der Waals surface area (Å²) < 4.78 is 4.61. The van der Waals surface area contributed by atoms with Gasteiger partial charge in [0, 0.05) is 0 Å². The maximum Gasteiger partial charge on any atom is 0.338 e. The summed E-state index contributed by atoms with van der Waals surface area (Å²) in [5.41, 5.74) is -3.61. The first-order valence-electron chi connectivity index (χ1n) is 6.83. The van der Waals surface area contributed by atoms with E-state index in [0.717, 1.165) is 0 Å². The molecule has 1 rings (SSSR count). The van der Waals surface area contributed by atoms with Gasteiger partial charge in [-0.3, -0.25) is 4.79 Å². The van der Waals surface area contributed by atoms with Crippen molar-refractivity contribution in [3.63, 3.8) is 0 Å². The lowest BCUT2D eigenvalue weighted by Gasteiger charge is -2.33. The molecule has 0 spiro atoms. The SMILES string of the molecule is O=CC(O)(CO)C(OC(=O)c1cc(O)c(O)c(O)c1)C(O)C(O)C(=O)O. The van der Waals surface area contributed by atoms with E-state index < -0.39 is 65.3 Å². The van der Waals surface area contributed by atoms with Crippen LogP contribution in [0.4, 0.5) is 0 Å². The lowest BCUT2D eigenvalue weighted by Crippen LogP contribution is -2.59. The van der Waals surface area contributed by atoms with E-state index in [1.807, 2.05) is 0 Å². The van der Waals surface area contributed by atoms with Crippen LogP contribution in [-0.2, 0) is 14.3 Å². The van der Waals surface area contributed by atoms with Gasteiger partial charge in [-0.25, -0.2) is 9.59 Å². The molecule has 0 bridgehead atoms. The second kappa shape index (κ2) is 7.97. The number of ether oxygens (including phenoxy) is 1. The molecule has 0 amide bonds. The topological polar surface area (TPSA) is 222 Å². The molecule has 12 heteroatoms. The molecular formula is C14H16O12. The van der Waals surface area contributed by atoms with Crippen molar-refractivity contribution in [3.05, 3.63) is 17.7 Å². The number of carboxylic acids is 1. The zero-order valence-electron chi connectivity index (χ0n) is 12.9. The maximum atomic E-state index is 12.1. The van der Waals surface area contributed by atoms with Crippen LogP contribution in [0.5, 0.6) is 17.2 Å². The molecule has 0 saturated carbocycles. The number of carbonyl (C=O) groups is 3. The van der Waals surface area contributed by atoms with Gasteiger partial charge in [0.2, 0.25) is 0 Å². The minimum atomic E-state index is -2.98. The maximum absolute atomic E-state index is 12.1. The predicted octanol–water partition coefficient (Wildman–Crippen LogP) is -2.94. The third-order valence-electron chi connectivity index (χ3n) is 3.38. The summed E-state index contributed by atoms with van der Waals surface area (Å²) in [4.78, 5) is 33.8. The Labute approximate surface area is 144 Å². The van der Waals surface area contributed by atoms with Crippen molar-refractivity contribution in [2.24, 2.45) is 0 Å². The minimum Gasteiger partial charge on any atom is -0.504 e. The fourth-order valence-electron chi connectivity index (χ4n) is 1.88. The summed E-state index contributed by atoms with van der Waals surface area (Å²) in [6, 6.07) is 1.24. The molecule has 8 N–H and O–H groups in total. The van der Waals surface area contributed by atoms with E-state index in [2.05, 4.69) is 4.74 Å². The van der Waals surface area contributed by atoms with Crippen LogP contribution in [0.1, 0.15) is 10.4 Å². The highest BCUT2D eigenvalue weighted by Crippen LogP contribution is 2.35. The molecule has 1 aromatic carbocycles. The number of esters is 1. The summed E-state index contributed by atoms with van der Waals surface area (Å²) in [5, 5.41) is 74.8. The monoisotopic (exact) mass is 376 g/mol. The predicted molar refractivity (Wildman–Crippen MR) is 78.4 cm³/mol. The molecule has 0 aliphatic heterocycles. The number of benzene rings is 1. The summed E-state index contributed by atoms with van der Waals surface area (Å²) in [7, 11) is 0. The van der Waals surface area contributed by atoms with Crippen LogP contribution in [-0.4, -0.2) is 89.6 Å². The van der Waals surface area contributed by atoms with E-state index >= 15 is 0 Å². The molecule has 26 heavy (non-hydrogen) atoms. The van der Waals surface area contributed by atoms with Crippen molar-refractivity contribution in [1.29, 1.82) is 0 Å². The van der Waals surface area contributed by atoms with Crippen molar-refractivity contribution in [1.82, 2.24) is 0 Å². The normalized spacial score (nSPS) is 16.8. The zero-order chi connectivity index (χ0) is 20.2. The Kier molecular flexibility index (Phi) is 6.47. The van der Waals surface area contributed by atoms with Crippen molar-refractivity contribution in [2.75, 3.05) is 6.61 Å². The van der Waals surface area contributed by atoms with Crippen LogP contribution < -0.4 is 0 Å². The Bertz CT molecular complexity index is 678. The molecule has 0 aromatic heterocycles. The van der Waals surface area contributed by atoms with Crippen molar-refractivity contribution in [3.8, 4) is 17.2 Å². The van der Waals surface area contributed by atoms with Gasteiger partial charge in [-0.15, -0.1) is 0 Å². The van der Waals surface area contributed by atoms with Gasteiger partial charge in [0.25, 0.3) is 0 Å². The van der Waals surface area contributed by atoms with Gasteiger partial charge in [-0.2, -0.15) is 0 Å². The molecule has 0 fully saturated rings. The Morgan fingerprint density at radius 3 is 2.04 bits per heavy atom. The van der Waals surface area contributed by atoms with E-state index in [9.17, 15) is 45.0 Å². The molecule has 4 unspecified atom stereocenters. The quantitative estimate of drug-likeness (QED) is 0.130. The molecule has 0 heterocycles. The third-order valence-corrected chi connectivity index (χ3v) is 3.38. The Morgan fingerprint density at radius 1 is 1.15 bits per heavy atom. The van der Waals surface area contributed by atoms with E-state index in [4.69, 9.17) is 10.2 Å². The van der Waals surface area contributed by atoms with Crippen LogP contribution in [0.2, 0.25) is 0 Å². The highest BCUT2D eigenvalue weighted by Gasteiger charge is 2.48. The molecule has 0 aliphatic carbocycles. The number of aliphatic hydroxyl groups is 4. The molecule has 4 atom stereocenters. The standard InChI is InChI=1S/C14H16O12/c15-3-14(25,4-16)11(9(20)10(21)12(22)23)26-13(24)5-1-6(17)8(19)7(18)2-5/h1-3,9-11,16-21,25H,4H2,(H,22,23). The van der Waals surface area contributed by atoms with Gasteiger partial charge in [0.15, 0.2) is 41.3 Å². The summed E-state index contributed by atoms with van der Waals surface area (Å²) >= 11 is 0. The Morgan fingerprint density at radius 2 is 1.65 bits per heavy atom. The minimum absolute atomic E-state index is 0.339. The highest BCUT2D eigenvalue weighted by molar-refractivity contribution is 5.91. The van der Waals surface area contributed by atoms with E-state index in [-0.39, 0.29) is 6.29 Å². The van der Waals surface area contributed by atoms with Crippen molar-refractivity contribution < 1.29 is 60.0 Å². The van der Waals surface area contributed by atoms with Gasteiger partial charge < -0.3 is 45.6 Å². The van der Waals surface area contributed by atoms with E-state index in [1.54, 1.807) is 0 Å². The number of phenols is 3. The number of phenolic OH excluding ortho intramolecular Hbond substituents is 3. The molecule has 12 nitrogen and oxygen atoms in total. The van der Waals surface area contributed by atoms with Crippen molar-refractivity contribution >= 4 is 18.2 Å². The number of carboxylic acid groups (broad SMARTS) is 1. The van der Waals surface area contributed by atoms with Gasteiger partial charge in [0.1, 0.15) is 6.10 Å². The van der Waals surface area contributed by atoms with Crippen LogP contribution >= 0.6 is 0 Å². The second-order valence-corrected chi connectivity index (χ2v) is 5.23. The number of hydrogen-bond acceptors (Lipinski definition) is 11. The molecule has 1 aromatic rings. The lowest BCUT2D eigenvalue weighted by molar-refractivity contribution is -0.182. The van der Waals surface area contributed by atoms with Crippen LogP contribution in [0.3, 0.4) is 0 Å². The zero-order valence-corrected chi connectivity index (χ0v) is 12.9. The molecule has 0 aliphatic rings. The Balaban J connectivity index is 3.26. The van der Waals surface area contributed by atoms with Gasteiger partial charge in [-0.1, -0.05) is 0 Å². The number of aliphatic hydroxyl groups excluding tert-OH is 3. The number of aliphatic carboxylic acids is 1. The smallest absolute Gasteiger partial charge is 0.338 e. The van der Waals surface area contributed by atoms with Gasteiger partial charge in [-0.05, 0) is 12.1 Å². The average Bonchev–Trinajstić information content (AvgIpc) is 2.61. The number of aromatic hydroxyl groups is 3. The van der Waals surface area contributed by atoms with Gasteiger partial charge >= 0.3 is 11.9 Å². The molecule has 0 radical (unpaired) electrons. The number of hydrogen-bond donors (Lipinski definition) is 8. The van der Waals surface area contributed by atoms with Crippen molar-refractivity contribution in [2.45, 2.75) is 23.9 Å². The van der Waals surface area contributed by atoms with Crippen LogP contribution in [0.15, 0.2) is 12.1 Å². The summed E-state index contributed by atoms with van der Waals surface area (Å²) in [5.74, 6) is -6.32.